The minimum Gasteiger partial charge on any atom is -0.371 e. The van der Waals surface area contributed by atoms with Gasteiger partial charge in [-0.25, -0.2) is 8.78 Å². The lowest BCUT2D eigenvalue weighted by atomic mass is 9.87. The fourth-order valence-corrected chi connectivity index (χ4v) is 8.88. The standard InChI is InChI=1S/C38H37F2N7O5/c1-37-17-28-25(16-30(37)38(37,39)40)33(44-43-28)27-13-20-4-5-21(15-26(20)41-27)45(2)32(49)10-3-19-11-12-46(18-19)22-6-7-23-24(14-22)36(52)47(35(23)51)29-8-9-31(48)42-34(29)50/h4-7,13-15,19,29-30,41H,3,8-12,16-18H2,1-2H3,(H,43,44)(H,42,48,50)/t19-,29?,30+,37-/m1/s1. The molecule has 3 N–H and O–H groups in total. The first-order valence-corrected chi connectivity index (χ1v) is 17.8. The summed E-state index contributed by atoms with van der Waals surface area (Å²) < 4.78 is 28.9. The van der Waals surface area contributed by atoms with Gasteiger partial charge in [0.25, 0.3) is 17.7 Å². The maximum absolute atomic E-state index is 14.5. The van der Waals surface area contributed by atoms with E-state index in [1.165, 1.54) is 0 Å². The number of piperidine rings is 1. The molecule has 2 saturated heterocycles. The summed E-state index contributed by atoms with van der Waals surface area (Å²) >= 11 is 0. The van der Waals surface area contributed by atoms with Gasteiger partial charge in [0.1, 0.15) is 11.7 Å². The number of benzene rings is 2. The molecule has 14 heteroatoms. The molecule has 2 aliphatic carbocycles. The number of anilines is 2. The third-order valence-electron chi connectivity index (χ3n) is 12.3. The fourth-order valence-electron chi connectivity index (χ4n) is 8.88. The van der Waals surface area contributed by atoms with Gasteiger partial charge in [-0.15, -0.1) is 0 Å². The Morgan fingerprint density at radius 1 is 1.04 bits per heavy atom. The minimum absolute atomic E-state index is 0.0189. The van der Waals surface area contributed by atoms with Crippen molar-refractivity contribution >= 4 is 51.8 Å². The smallest absolute Gasteiger partial charge is 0.262 e. The molecule has 9 rings (SSSR count). The number of fused-ring (bicyclic) bond motifs is 4. The number of hydrogen-bond donors (Lipinski definition) is 3. The van der Waals surface area contributed by atoms with Gasteiger partial charge < -0.3 is 14.8 Å². The summed E-state index contributed by atoms with van der Waals surface area (Å²) in [5, 5.41) is 10.6. The summed E-state index contributed by atoms with van der Waals surface area (Å²) in [7, 11) is 1.76. The van der Waals surface area contributed by atoms with E-state index >= 15 is 0 Å². The number of carbonyl (C=O) groups excluding carboxylic acids is 5. The number of imide groups is 2. The van der Waals surface area contributed by atoms with E-state index in [2.05, 4.69) is 25.4 Å². The highest BCUT2D eigenvalue weighted by molar-refractivity contribution is 6.23. The van der Waals surface area contributed by atoms with Gasteiger partial charge in [-0.1, -0.05) is 13.0 Å². The second-order valence-electron chi connectivity index (χ2n) is 15.2. The number of alkyl halides is 2. The topological polar surface area (TPSA) is 152 Å². The Bertz CT molecular complexity index is 2240. The zero-order valence-electron chi connectivity index (χ0n) is 28.7. The van der Waals surface area contributed by atoms with Gasteiger partial charge in [-0.3, -0.25) is 39.3 Å². The Morgan fingerprint density at radius 3 is 2.65 bits per heavy atom. The van der Waals surface area contributed by atoms with Gasteiger partial charge in [-0.2, -0.15) is 5.10 Å². The molecule has 52 heavy (non-hydrogen) atoms. The van der Waals surface area contributed by atoms with Crippen molar-refractivity contribution in [2.75, 3.05) is 29.9 Å². The van der Waals surface area contributed by atoms with Crippen LogP contribution in [0.3, 0.4) is 0 Å². The summed E-state index contributed by atoms with van der Waals surface area (Å²) in [6.07, 6.45) is 2.65. The van der Waals surface area contributed by atoms with Crippen LogP contribution in [-0.4, -0.2) is 81.7 Å². The van der Waals surface area contributed by atoms with Gasteiger partial charge in [0.05, 0.1) is 16.8 Å². The quantitative estimate of drug-likeness (QED) is 0.238. The number of nitrogens with one attached hydrogen (secondary N) is 3. The van der Waals surface area contributed by atoms with E-state index in [4.69, 9.17) is 0 Å². The SMILES string of the molecule is CN(C(=O)CC[C@@H]1CCN(c2ccc3c(c2)C(=O)N(C2CCC(=O)NC2=O)C3=O)C1)c1ccc2cc(-c3n[nH]c4c3C[C@@H]3C(F)(F)[C@]3(C)C4)[nH]c2c1. The van der Waals surface area contributed by atoms with E-state index in [0.717, 1.165) is 57.1 Å². The Labute approximate surface area is 296 Å². The fraction of sp³-hybridized carbons (Fsp3) is 0.421. The molecule has 0 spiro atoms. The molecule has 0 bridgehead atoms. The van der Waals surface area contributed by atoms with E-state index in [-0.39, 0.29) is 42.2 Å². The average molecular weight is 710 g/mol. The van der Waals surface area contributed by atoms with Crippen LogP contribution in [0.1, 0.15) is 71.0 Å². The predicted octanol–water partition coefficient (Wildman–Crippen LogP) is 4.60. The number of rotatable bonds is 7. The first-order chi connectivity index (χ1) is 24.8. The number of amides is 5. The molecule has 4 atom stereocenters. The van der Waals surface area contributed by atoms with Crippen molar-refractivity contribution in [2.45, 2.75) is 63.8 Å². The highest BCUT2D eigenvalue weighted by Gasteiger charge is 2.78. The summed E-state index contributed by atoms with van der Waals surface area (Å²) in [6, 6.07) is 11.8. The highest BCUT2D eigenvalue weighted by Crippen LogP contribution is 2.70. The number of H-pyrrole nitrogens is 2. The molecule has 4 aromatic rings. The van der Waals surface area contributed by atoms with Crippen molar-refractivity contribution in [3.05, 3.63) is 64.8 Å². The normalized spacial score (nSPS) is 26.0. The number of aromatic amines is 2. The lowest BCUT2D eigenvalue weighted by molar-refractivity contribution is -0.136. The van der Waals surface area contributed by atoms with Crippen molar-refractivity contribution in [3.63, 3.8) is 0 Å². The van der Waals surface area contributed by atoms with Crippen molar-refractivity contribution < 1.29 is 32.8 Å². The van der Waals surface area contributed by atoms with E-state index in [1.807, 2.05) is 30.3 Å². The zero-order chi connectivity index (χ0) is 36.3. The molecule has 3 fully saturated rings. The first kappa shape index (κ1) is 32.5. The van der Waals surface area contributed by atoms with E-state index < -0.39 is 46.9 Å². The van der Waals surface area contributed by atoms with Crippen LogP contribution >= 0.6 is 0 Å². The molecular weight excluding hydrogens is 672 g/mol. The molecule has 1 unspecified atom stereocenters. The molecular formula is C38H37F2N7O5. The summed E-state index contributed by atoms with van der Waals surface area (Å²) in [5.74, 6) is -5.21. The summed E-state index contributed by atoms with van der Waals surface area (Å²) in [4.78, 5) is 71.9. The van der Waals surface area contributed by atoms with Crippen LogP contribution in [0.4, 0.5) is 20.2 Å². The van der Waals surface area contributed by atoms with Crippen molar-refractivity contribution in [2.24, 2.45) is 17.3 Å². The lowest BCUT2D eigenvalue weighted by Crippen LogP contribution is -2.54. The second kappa shape index (κ2) is 11.3. The van der Waals surface area contributed by atoms with E-state index in [0.29, 0.717) is 31.5 Å². The number of hydrogen-bond acceptors (Lipinski definition) is 7. The van der Waals surface area contributed by atoms with Crippen LogP contribution in [0.2, 0.25) is 0 Å². The van der Waals surface area contributed by atoms with Gasteiger partial charge in [0, 0.05) is 84.3 Å². The third kappa shape index (κ3) is 4.82. The molecule has 2 aromatic carbocycles. The summed E-state index contributed by atoms with van der Waals surface area (Å²) in [6.45, 7) is 3.08. The van der Waals surface area contributed by atoms with Crippen LogP contribution in [0, 0.1) is 17.3 Å². The molecule has 5 aliphatic rings. The molecule has 0 radical (unpaired) electrons. The Kier molecular flexibility index (Phi) is 7.06. The molecule has 268 valence electrons. The van der Waals surface area contributed by atoms with Crippen molar-refractivity contribution in [3.8, 4) is 11.4 Å². The average Bonchev–Trinajstić information content (AvgIpc) is 3.78. The summed E-state index contributed by atoms with van der Waals surface area (Å²) in [5.41, 5.74) is 4.90. The number of aromatic nitrogens is 3. The molecule has 5 heterocycles. The Hall–Kier alpha value is -5.40. The van der Waals surface area contributed by atoms with Crippen LogP contribution in [-0.2, 0) is 27.2 Å². The lowest BCUT2D eigenvalue weighted by Gasteiger charge is -2.27. The van der Waals surface area contributed by atoms with E-state index in [1.54, 1.807) is 31.0 Å². The van der Waals surface area contributed by atoms with Crippen LogP contribution in [0.5, 0.6) is 0 Å². The van der Waals surface area contributed by atoms with Gasteiger partial charge in [0.2, 0.25) is 17.7 Å². The maximum Gasteiger partial charge on any atom is 0.262 e. The molecule has 12 nitrogen and oxygen atoms in total. The molecule has 1 saturated carbocycles. The number of halogens is 2. The number of carbonyl (C=O) groups is 5. The Morgan fingerprint density at radius 2 is 1.85 bits per heavy atom. The van der Waals surface area contributed by atoms with Gasteiger partial charge >= 0.3 is 0 Å². The van der Waals surface area contributed by atoms with Crippen molar-refractivity contribution in [1.29, 1.82) is 0 Å². The Balaban J connectivity index is 0.824. The molecule has 3 aliphatic heterocycles. The van der Waals surface area contributed by atoms with Crippen molar-refractivity contribution in [1.82, 2.24) is 25.4 Å². The predicted molar refractivity (Wildman–Crippen MR) is 186 cm³/mol. The van der Waals surface area contributed by atoms with Crippen LogP contribution < -0.4 is 15.1 Å². The third-order valence-corrected chi connectivity index (χ3v) is 12.3. The highest BCUT2D eigenvalue weighted by atomic mass is 19.3. The second-order valence-corrected chi connectivity index (χ2v) is 15.2. The molecule has 2 aromatic heterocycles. The largest absolute Gasteiger partial charge is 0.371 e. The minimum atomic E-state index is -2.66. The van der Waals surface area contributed by atoms with Gasteiger partial charge in [0.15, 0.2) is 0 Å². The van der Waals surface area contributed by atoms with Gasteiger partial charge in [-0.05, 0) is 68.0 Å². The van der Waals surface area contributed by atoms with Crippen LogP contribution in [0.25, 0.3) is 22.3 Å². The maximum atomic E-state index is 14.5. The number of nitrogens with zero attached hydrogens (tertiary/aromatic N) is 4. The zero-order valence-corrected chi connectivity index (χ0v) is 28.7. The monoisotopic (exact) mass is 709 g/mol. The molecule has 5 amide bonds. The van der Waals surface area contributed by atoms with E-state index in [9.17, 15) is 32.8 Å². The first-order valence-electron chi connectivity index (χ1n) is 17.8. The van der Waals surface area contributed by atoms with Crippen LogP contribution in [0.15, 0.2) is 42.5 Å².